The highest BCUT2D eigenvalue weighted by Crippen LogP contribution is 2.25. The third-order valence-corrected chi connectivity index (χ3v) is 4.38. The zero-order chi connectivity index (χ0) is 8.65. The largest absolute Gasteiger partial charge is 0.326 e. The van der Waals surface area contributed by atoms with Crippen LogP contribution in [0.4, 0.5) is 0 Å². The summed E-state index contributed by atoms with van der Waals surface area (Å²) < 4.78 is 22.2. The fourth-order valence-corrected chi connectivity index (χ4v) is 3.39. The zero-order valence-corrected chi connectivity index (χ0v) is 7.76. The Hall–Kier alpha value is -0.0900. The first-order valence-electron chi connectivity index (χ1n) is 3.90. The Morgan fingerprint density at radius 2 is 2.09 bits per heavy atom. The lowest BCUT2D eigenvalue weighted by atomic mass is 10.0. The molecule has 0 aromatic heterocycles. The van der Waals surface area contributed by atoms with Crippen molar-refractivity contribution in [3.05, 3.63) is 0 Å². The predicted molar refractivity (Wildman–Crippen MR) is 45.0 cm³/mol. The minimum absolute atomic E-state index is 0.109. The van der Waals surface area contributed by atoms with Crippen LogP contribution in [-0.2, 0) is 9.84 Å². The van der Waals surface area contributed by atoms with Gasteiger partial charge in [-0.15, -0.1) is 0 Å². The van der Waals surface area contributed by atoms with Crippen molar-refractivity contribution < 1.29 is 8.42 Å². The van der Waals surface area contributed by atoms with Gasteiger partial charge in [-0.2, -0.15) is 0 Å². The normalized spacial score (nSPS) is 35.3. The van der Waals surface area contributed by atoms with Gasteiger partial charge in [0.05, 0.1) is 11.0 Å². The van der Waals surface area contributed by atoms with E-state index < -0.39 is 9.84 Å². The number of hydrogen-bond donors (Lipinski definition) is 1. The molecule has 4 heteroatoms. The van der Waals surface area contributed by atoms with Gasteiger partial charge in [0.2, 0.25) is 0 Å². The molecule has 3 nitrogen and oxygen atoms in total. The Morgan fingerprint density at radius 1 is 1.55 bits per heavy atom. The van der Waals surface area contributed by atoms with E-state index in [0.717, 1.165) is 0 Å². The maximum absolute atomic E-state index is 11.1. The number of hydrogen-bond acceptors (Lipinski definition) is 3. The standard InChI is InChI=1S/C7H15NO2S/c1-5(2)3-7-6(8)4-11(7,9)10/h5-7H,3-4,8H2,1-2H3. The molecule has 11 heavy (non-hydrogen) atoms. The summed E-state index contributed by atoms with van der Waals surface area (Å²) in [6.45, 7) is 4.03. The Morgan fingerprint density at radius 3 is 2.27 bits per heavy atom. The smallest absolute Gasteiger partial charge is 0.156 e. The molecule has 0 amide bonds. The van der Waals surface area contributed by atoms with Gasteiger partial charge in [-0.05, 0) is 12.3 Å². The number of sulfone groups is 1. The molecule has 1 saturated heterocycles. The van der Waals surface area contributed by atoms with Crippen molar-refractivity contribution in [3.63, 3.8) is 0 Å². The summed E-state index contributed by atoms with van der Waals surface area (Å²) in [5, 5.41) is -0.262. The van der Waals surface area contributed by atoms with E-state index in [9.17, 15) is 8.42 Å². The molecule has 1 fully saturated rings. The quantitative estimate of drug-likeness (QED) is 0.653. The number of nitrogens with two attached hydrogens (primary N) is 1. The summed E-state index contributed by atoms with van der Waals surface area (Å²) in [5.74, 6) is 0.603. The van der Waals surface area contributed by atoms with E-state index in [1.54, 1.807) is 0 Å². The molecule has 1 aliphatic rings. The molecule has 0 aliphatic carbocycles. The Balaban J connectivity index is 2.57. The molecule has 0 aromatic rings. The third-order valence-electron chi connectivity index (χ3n) is 2.07. The first-order chi connectivity index (χ1) is 4.93. The van der Waals surface area contributed by atoms with Crippen LogP contribution in [0.3, 0.4) is 0 Å². The maximum atomic E-state index is 11.1. The Labute approximate surface area is 67.9 Å². The SMILES string of the molecule is CC(C)CC1C(N)CS1(=O)=O. The lowest BCUT2D eigenvalue weighted by molar-refractivity contribution is 0.455. The zero-order valence-electron chi connectivity index (χ0n) is 6.95. The molecule has 0 aromatic carbocycles. The van der Waals surface area contributed by atoms with Gasteiger partial charge in [0.15, 0.2) is 9.84 Å². The topological polar surface area (TPSA) is 60.2 Å². The van der Waals surface area contributed by atoms with Crippen LogP contribution in [0.1, 0.15) is 20.3 Å². The fraction of sp³-hybridized carbons (Fsp3) is 1.00. The second kappa shape index (κ2) is 2.75. The van der Waals surface area contributed by atoms with Crippen LogP contribution in [0, 0.1) is 5.92 Å². The molecule has 1 aliphatic heterocycles. The highest BCUT2D eigenvalue weighted by Gasteiger charge is 2.43. The van der Waals surface area contributed by atoms with Gasteiger partial charge in [0.1, 0.15) is 0 Å². The van der Waals surface area contributed by atoms with Gasteiger partial charge in [-0.3, -0.25) is 0 Å². The second-order valence-corrected chi connectivity index (χ2v) is 5.93. The van der Waals surface area contributed by atoms with Crippen molar-refractivity contribution in [2.45, 2.75) is 31.6 Å². The lowest BCUT2D eigenvalue weighted by Crippen LogP contribution is -2.57. The fourth-order valence-electron chi connectivity index (χ4n) is 1.43. The summed E-state index contributed by atoms with van der Waals surface area (Å²) in [7, 11) is -2.79. The van der Waals surface area contributed by atoms with E-state index >= 15 is 0 Å². The molecule has 1 rings (SSSR count). The average Bonchev–Trinajstić information content (AvgIpc) is 1.82. The van der Waals surface area contributed by atoms with E-state index in [1.807, 2.05) is 13.8 Å². The maximum Gasteiger partial charge on any atom is 0.156 e. The van der Waals surface area contributed by atoms with Crippen LogP contribution in [0.5, 0.6) is 0 Å². The van der Waals surface area contributed by atoms with Gasteiger partial charge >= 0.3 is 0 Å². The van der Waals surface area contributed by atoms with Crippen LogP contribution >= 0.6 is 0 Å². The molecule has 0 bridgehead atoms. The Bertz CT molecular complexity index is 233. The summed E-state index contributed by atoms with van der Waals surface area (Å²) in [4.78, 5) is 0. The Kier molecular flexibility index (Phi) is 2.25. The number of rotatable bonds is 2. The van der Waals surface area contributed by atoms with Gasteiger partial charge in [0, 0.05) is 6.04 Å². The summed E-state index contributed by atoms with van der Waals surface area (Å²) in [6, 6.07) is -0.109. The first kappa shape index (κ1) is 9.00. The summed E-state index contributed by atoms with van der Waals surface area (Å²) in [5.41, 5.74) is 5.57. The van der Waals surface area contributed by atoms with Crippen molar-refractivity contribution in [2.24, 2.45) is 11.7 Å². The van der Waals surface area contributed by atoms with E-state index in [1.165, 1.54) is 0 Å². The van der Waals surface area contributed by atoms with Crippen LogP contribution < -0.4 is 5.73 Å². The van der Waals surface area contributed by atoms with Crippen LogP contribution in [-0.4, -0.2) is 25.5 Å². The molecular formula is C7H15NO2S. The van der Waals surface area contributed by atoms with E-state index in [2.05, 4.69) is 0 Å². The van der Waals surface area contributed by atoms with Gasteiger partial charge in [-0.25, -0.2) is 8.42 Å². The molecule has 2 atom stereocenters. The molecule has 0 spiro atoms. The van der Waals surface area contributed by atoms with Crippen LogP contribution in [0.15, 0.2) is 0 Å². The second-order valence-electron chi connectivity index (χ2n) is 3.66. The third kappa shape index (κ3) is 1.73. The molecule has 66 valence electrons. The summed E-state index contributed by atoms with van der Waals surface area (Å²) >= 11 is 0. The van der Waals surface area contributed by atoms with E-state index in [0.29, 0.717) is 12.3 Å². The molecule has 0 radical (unpaired) electrons. The molecule has 1 heterocycles. The first-order valence-corrected chi connectivity index (χ1v) is 5.62. The highest BCUT2D eigenvalue weighted by molar-refractivity contribution is 7.93. The van der Waals surface area contributed by atoms with Gasteiger partial charge in [0.25, 0.3) is 0 Å². The van der Waals surface area contributed by atoms with E-state index in [-0.39, 0.29) is 17.0 Å². The van der Waals surface area contributed by atoms with Crippen molar-refractivity contribution in [3.8, 4) is 0 Å². The minimum Gasteiger partial charge on any atom is -0.326 e. The lowest BCUT2D eigenvalue weighted by Gasteiger charge is -2.34. The van der Waals surface area contributed by atoms with Crippen LogP contribution in [0.2, 0.25) is 0 Å². The molecular weight excluding hydrogens is 162 g/mol. The predicted octanol–water partition coefficient (Wildman–Crippen LogP) is 0.157. The van der Waals surface area contributed by atoms with Crippen molar-refractivity contribution in [2.75, 3.05) is 5.75 Å². The van der Waals surface area contributed by atoms with Crippen LogP contribution in [0.25, 0.3) is 0 Å². The molecule has 2 unspecified atom stereocenters. The monoisotopic (exact) mass is 177 g/mol. The molecule has 0 saturated carbocycles. The summed E-state index contributed by atoms with van der Waals surface area (Å²) in [6.07, 6.45) is 0.712. The highest BCUT2D eigenvalue weighted by atomic mass is 32.2. The van der Waals surface area contributed by atoms with E-state index in [4.69, 9.17) is 5.73 Å². The van der Waals surface area contributed by atoms with Crippen molar-refractivity contribution in [1.82, 2.24) is 0 Å². The van der Waals surface area contributed by atoms with Crippen molar-refractivity contribution in [1.29, 1.82) is 0 Å². The minimum atomic E-state index is -2.79. The van der Waals surface area contributed by atoms with Gasteiger partial charge < -0.3 is 5.73 Å². The van der Waals surface area contributed by atoms with Crippen molar-refractivity contribution >= 4 is 9.84 Å². The average molecular weight is 177 g/mol. The molecule has 2 N–H and O–H groups in total. The van der Waals surface area contributed by atoms with Gasteiger partial charge in [-0.1, -0.05) is 13.8 Å².